The molecule has 144 valence electrons. The van der Waals surface area contributed by atoms with E-state index in [0.29, 0.717) is 23.7 Å². The lowest BCUT2D eigenvalue weighted by Crippen LogP contribution is -2.33. The quantitative estimate of drug-likeness (QED) is 0.635. The van der Waals surface area contributed by atoms with Gasteiger partial charge < -0.3 is 19.7 Å². The van der Waals surface area contributed by atoms with Gasteiger partial charge in [0.05, 0.1) is 26.5 Å². The monoisotopic (exact) mass is 376 g/mol. The summed E-state index contributed by atoms with van der Waals surface area (Å²) < 4.78 is 10.6. The molecule has 0 saturated carbocycles. The number of hydrogen-bond acceptors (Lipinski definition) is 4. The predicted octanol–water partition coefficient (Wildman–Crippen LogP) is 4.35. The summed E-state index contributed by atoms with van der Waals surface area (Å²) in [7, 11) is 3.16. The molecule has 0 atom stereocenters. The van der Waals surface area contributed by atoms with Gasteiger partial charge in [-0.05, 0) is 29.8 Å². The van der Waals surface area contributed by atoms with Gasteiger partial charge in [0, 0.05) is 18.3 Å². The van der Waals surface area contributed by atoms with Crippen molar-refractivity contribution in [2.24, 2.45) is 0 Å². The molecule has 0 heterocycles. The highest BCUT2D eigenvalue weighted by atomic mass is 16.5. The number of ether oxygens (including phenoxy) is 2. The molecule has 3 aromatic carbocycles. The second-order valence-electron chi connectivity index (χ2n) is 6.29. The van der Waals surface area contributed by atoms with Crippen molar-refractivity contribution in [2.75, 3.05) is 31.0 Å². The average Bonchev–Trinajstić information content (AvgIpc) is 2.74. The van der Waals surface area contributed by atoms with E-state index in [1.165, 1.54) is 0 Å². The molecule has 0 aliphatic rings. The van der Waals surface area contributed by atoms with Gasteiger partial charge in [-0.2, -0.15) is 0 Å². The van der Waals surface area contributed by atoms with Gasteiger partial charge in [-0.3, -0.25) is 4.79 Å². The fraction of sp³-hybridized carbons (Fsp3) is 0.174. The lowest BCUT2D eigenvalue weighted by Gasteiger charge is -2.24. The normalized spacial score (nSPS) is 10.2. The third kappa shape index (κ3) is 5.04. The molecule has 3 rings (SSSR count). The summed E-state index contributed by atoms with van der Waals surface area (Å²) in [6.07, 6.45) is 0. The minimum atomic E-state index is -0.133. The molecule has 0 aromatic heterocycles. The van der Waals surface area contributed by atoms with E-state index in [4.69, 9.17) is 9.47 Å². The Balaban J connectivity index is 1.78. The zero-order chi connectivity index (χ0) is 19.8. The van der Waals surface area contributed by atoms with E-state index >= 15 is 0 Å². The van der Waals surface area contributed by atoms with Crippen molar-refractivity contribution in [3.63, 3.8) is 0 Å². The van der Waals surface area contributed by atoms with Crippen LogP contribution >= 0.6 is 0 Å². The number of methoxy groups -OCH3 is 2. The largest absolute Gasteiger partial charge is 0.497 e. The van der Waals surface area contributed by atoms with E-state index in [9.17, 15) is 4.79 Å². The van der Waals surface area contributed by atoms with E-state index in [0.717, 1.165) is 11.3 Å². The number of nitrogens with one attached hydrogen (secondary N) is 1. The second kappa shape index (κ2) is 9.46. The van der Waals surface area contributed by atoms with Crippen LogP contribution in [0.3, 0.4) is 0 Å². The summed E-state index contributed by atoms with van der Waals surface area (Å²) in [5, 5.41) is 2.94. The number of hydrogen-bond donors (Lipinski definition) is 1. The first-order valence-corrected chi connectivity index (χ1v) is 9.05. The minimum Gasteiger partial charge on any atom is -0.497 e. The molecule has 5 nitrogen and oxygen atoms in total. The number of anilines is 2. The summed E-state index contributed by atoms with van der Waals surface area (Å²) >= 11 is 0. The van der Waals surface area contributed by atoms with E-state index in [2.05, 4.69) is 17.4 Å². The number of rotatable bonds is 8. The van der Waals surface area contributed by atoms with Gasteiger partial charge in [-0.25, -0.2) is 0 Å². The molecule has 0 saturated heterocycles. The van der Waals surface area contributed by atoms with Gasteiger partial charge in [0.25, 0.3) is 0 Å². The Labute approximate surface area is 165 Å². The van der Waals surface area contributed by atoms with Crippen molar-refractivity contribution < 1.29 is 14.3 Å². The van der Waals surface area contributed by atoms with Crippen LogP contribution in [0.15, 0.2) is 78.9 Å². The molecule has 0 spiro atoms. The van der Waals surface area contributed by atoms with E-state index < -0.39 is 0 Å². The molecule has 0 aliphatic heterocycles. The molecule has 0 radical (unpaired) electrons. The van der Waals surface area contributed by atoms with E-state index in [1.807, 2.05) is 53.4 Å². The Kier molecular flexibility index (Phi) is 6.52. The standard InChI is InChI=1S/C23H24N2O3/c1-27-20-13-14-22(28-2)21(15-20)24-23(26)17-25(19-11-7-4-8-12-19)16-18-9-5-3-6-10-18/h3-15H,16-17H2,1-2H3,(H,24,26). The van der Waals surface area contributed by atoms with Crippen molar-refractivity contribution >= 4 is 17.3 Å². The average molecular weight is 376 g/mol. The molecule has 0 unspecified atom stereocenters. The van der Waals surface area contributed by atoms with Gasteiger partial charge in [-0.1, -0.05) is 48.5 Å². The highest BCUT2D eigenvalue weighted by Gasteiger charge is 2.15. The van der Waals surface area contributed by atoms with Crippen LogP contribution in [-0.2, 0) is 11.3 Å². The Morgan fingerprint density at radius 1 is 0.893 bits per heavy atom. The molecule has 0 bridgehead atoms. The Morgan fingerprint density at radius 2 is 1.57 bits per heavy atom. The first-order valence-electron chi connectivity index (χ1n) is 9.05. The maximum absolute atomic E-state index is 12.8. The Hall–Kier alpha value is -3.47. The van der Waals surface area contributed by atoms with Crippen LogP contribution in [0.25, 0.3) is 0 Å². The fourth-order valence-electron chi connectivity index (χ4n) is 2.96. The predicted molar refractivity (Wildman–Crippen MR) is 112 cm³/mol. The summed E-state index contributed by atoms with van der Waals surface area (Å²) in [6.45, 7) is 0.840. The van der Waals surface area contributed by atoms with Gasteiger partial charge in [0.2, 0.25) is 5.91 Å². The highest BCUT2D eigenvalue weighted by molar-refractivity contribution is 5.95. The maximum Gasteiger partial charge on any atom is 0.244 e. The number of nitrogens with zero attached hydrogens (tertiary/aromatic N) is 1. The molecule has 0 aliphatic carbocycles. The van der Waals surface area contributed by atoms with Crippen LogP contribution < -0.4 is 19.7 Å². The Morgan fingerprint density at radius 3 is 2.21 bits per heavy atom. The SMILES string of the molecule is COc1ccc(OC)c(NC(=O)CN(Cc2ccccc2)c2ccccc2)c1. The van der Waals surface area contributed by atoms with Crippen LogP contribution in [0.4, 0.5) is 11.4 Å². The summed E-state index contributed by atoms with van der Waals surface area (Å²) in [6, 6.07) is 25.3. The van der Waals surface area contributed by atoms with Gasteiger partial charge in [0.1, 0.15) is 11.5 Å². The minimum absolute atomic E-state index is 0.133. The lowest BCUT2D eigenvalue weighted by atomic mass is 10.2. The van der Waals surface area contributed by atoms with Crippen LogP contribution in [-0.4, -0.2) is 26.7 Å². The molecular weight excluding hydrogens is 352 g/mol. The zero-order valence-electron chi connectivity index (χ0n) is 16.1. The number of benzene rings is 3. The molecule has 28 heavy (non-hydrogen) atoms. The molecule has 3 aromatic rings. The van der Waals surface area contributed by atoms with Crippen molar-refractivity contribution in [2.45, 2.75) is 6.54 Å². The van der Waals surface area contributed by atoms with Gasteiger partial charge >= 0.3 is 0 Å². The molecule has 1 N–H and O–H groups in total. The van der Waals surface area contributed by atoms with Gasteiger partial charge in [-0.15, -0.1) is 0 Å². The smallest absolute Gasteiger partial charge is 0.244 e. The lowest BCUT2D eigenvalue weighted by molar-refractivity contribution is -0.115. The molecule has 1 amide bonds. The zero-order valence-corrected chi connectivity index (χ0v) is 16.1. The van der Waals surface area contributed by atoms with Crippen molar-refractivity contribution in [1.82, 2.24) is 0 Å². The third-order valence-electron chi connectivity index (χ3n) is 4.35. The number of carbonyl (C=O) groups is 1. The third-order valence-corrected chi connectivity index (χ3v) is 4.35. The summed E-state index contributed by atoms with van der Waals surface area (Å²) in [4.78, 5) is 14.8. The van der Waals surface area contributed by atoms with E-state index in [1.54, 1.807) is 32.4 Å². The number of carbonyl (C=O) groups excluding carboxylic acids is 1. The van der Waals surface area contributed by atoms with Gasteiger partial charge in [0.15, 0.2) is 0 Å². The Bertz CT molecular complexity index is 898. The number of para-hydroxylation sites is 1. The molecular formula is C23H24N2O3. The topological polar surface area (TPSA) is 50.8 Å². The van der Waals surface area contributed by atoms with Crippen molar-refractivity contribution in [3.05, 3.63) is 84.4 Å². The first-order chi connectivity index (χ1) is 13.7. The highest BCUT2D eigenvalue weighted by Crippen LogP contribution is 2.29. The van der Waals surface area contributed by atoms with Crippen molar-refractivity contribution in [1.29, 1.82) is 0 Å². The molecule has 5 heteroatoms. The number of amides is 1. The van der Waals surface area contributed by atoms with Crippen LogP contribution in [0.5, 0.6) is 11.5 Å². The van der Waals surface area contributed by atoms with Crippen LogP contribution in [0, 0.1) is 0 Å². The summed E-state index contributed by atoms with van der Waals surface area (Å²) in [5.74, 6) is 1.11. The first kappa shape index (κ1) is 19.3. The van der Waals surface area contributed by atoms with Crippen LogP contribution in [0.2, 0.25) is 0 Å². The summed E-state index contributed by atoms with van der Waals surface area (Å²) in [5.41, 5.74) is 2.71. The van der Waals surface area contributed by atoms with Crippen LogP contribution in [0.1, 0.15) is 5.56 Å². The van der Waals surface area contributed by atoms with E-state index in [-0.39, 0.29) is 12.5 Å². The fourth-order valence-corrected chi connectivity index (χ4v) is 2.96. The second-order valence-corrected chi connectivity index (χ2v) is 6.29. The maximum atomic E-state index is 12.8. The molecule has 0 fully saturated rings. The van der Waals surface area contributed by atoms with Crippen molar-refractivity contribution in [3.8, 4) is 11.5 Å².